The number of non-ortho nitro benzene ring substituents is 1. The Morgan fingerprint density at radius 3 is 2.34 bits per heavy atom. The van der Waals surface area contributed by atoms with Crippen LogP contribution in [0.5, 0.6) is 0 Å². The number of hydrogen-bond donors (Lipinski definition) is 2. The Labute approximate surface area is 172 Å². The van der Waals surface area contributed by atoms with Crippen LogP contribution in [0.3, 0.4) is 0 Å². The number of unbranched alkanes of at least 4 members (excludes halogenated alkanes) is 8. The lowest BCUT2D eigenvalue weighted by molar-refractivity contribution is -0.384. The number of hydrogen-bond acceptors (Lipinski definition) is 5. The molecule has 1 aromatic rings. The number of amides is 2. The van der Waals surface area contributed by atoms with Gasteiger partial charge in [0.25, 0.3) is 11.6 Å². The van der Waals surface area contributed by atoms with Gasteiger partial charge in [0.15, 0.2) is 0 Å². The normalized spacial score (nSPS) is 10.8. The summed E-state index contributed by atoms with van der Waals surface area (Å²) in [6, 6.07) is 5.89. The molecule has 29 heavy (non-hydrogen) atoms. The molecule has 0 fully saturated rings. The molecule has 0 aliphatic rings. The van der Waals surface area contributed by atoms with E-state index in [0.29, 0.717) is 12.0 Å². The monoisotopic (exact) mass is 404 g/mol. The standard InChI is InChI=1S/C21H32N4O4/c1-2-3-4-5-6-7-8-9-10-14-20(26)22-17-21(27)24-23-16-18-12-11-13-19(15-18)25(28)29/h11-13,15-16H,2-10,14,17H2,1H3,(H,22,26)(H,24,27)/b23-16-. The summed E-state index contributed by atoms with van der Waals surface area (Å²) in [6.07, 6.45) is 12.4. The van der Waals surface area contributed by atoms with Crippen LogP contribution in [0.2, 0.25) is 0 Å². The topological polar surface area (TPSA) is 114 Å². The van der Waals surface area contributed by atoms with Crippen LogP contribution >= 0.6 is 0 Å². The second kappa shape index (κ2) is 15.2. The zero-order valence-electron chi connectivity index (χ0n) is 17.2. The van der Waals surface area contributed by atoms with E-state index < -0.39 is 10.8 Å². The Kier molecular flexibility index (Phi) is 12.7. The Balaban J connectivity index is 2.09. The molecule has 8 nitrogen and oxygen atoms in total. The van der Waals surface area contributed by atoms with Crippen molar-refractivity contribution in [1.29, 1.82) is 0 Å². The molecule has 1 aromatic carbocycles. The van der Waals surface area contributed by atoms with E-state index >= 15 is 0 Å². The van der Waals surface area contributed by atoms with Gasteiger partial charge in [-0.15, -0.1) is 0 Å². The fraction of sp³-hybridized carbons (Fsp3) is 0.571. The SMILES string of the molecule is CCCCCCCCCCCC(=O)NCC(=O)N/N=C\c1cccc([N+](=O)[O-])c1. The van der Waals surface area contributed by atoms with Crippen LogP contribution < -0.4 is 10.7 Å². The molecule has 0 heterocycles. The lowest BCUT2D eigenvalue weighted by Gasteiger charge is -2.04. The van der Waals surface area contributed by atoms with Crippen molar-refractivity contribution in [2.75, 3.05) is 6.54 Å². The smallest absolute Gasteiger partial charge is 0.270 e. The first-order chi connectivity index (χ1) is 14.0. The summed E-state index contributed by atoms with van der Waals surface area (Å²) in [7, 11) is 0. The summed E-state index contributed by atoms with van der Waals surface area (Å²) in [5.74, 6) is -0.599. The van der Waals surface area contributed by atoms with Crippen LogP contribution in [0.15, 0.2) is 29.4 Å². The summed E-state index contributed by atoms with van der Waals surface area (Å²) in [5, 5.41) is 17.0. The summed E-state index contributed by atoms with van der Waals surface area (Å²) >= 11 is 0. The van der Waals surface area contributed by atoms with Gasteiger partial charge >= 0.3 is 0 Å². The number of benzene rings is 1. The molecular formula is C21H32N4O4. The molecule has 160 valence electrons. The lowest BCUT2D eigenvalue weighted by Crippen LogP contribution is -2.34. The molecule has 0 saturated carbocycles. The average molecular weight is 405 g/mol. The Hall–Kier alpha value is -2.77. The quantitative estimate of drug-likeness (QED) is 0.198. The number of carbonyl (C=O) groups excluding carboxylic acids is 2. The minimum Gasteiger partial charge on any atom is -0.347 e. The van der Waals surface area contributed by atoms with E-state index in [1.54, 1.807) is 6.07 Å². The maximum atomic E-state index is 11.8. The molecule has 0 unspecified atom stereocenters. The van der Waals surface area contributed by atoms with E-state index in [4.69, 9.17) is 0 Å². The van der Waals surface area contributed by atoms with E-state index in [9.17, 15) is 19.7 Å². The van der Waals surface area contributed by atoms with Gasteiger partial charge in [0.1, 0.15) is 0 Å². The largest absolute Gasteiger partial charge is 0.347 e. The summed E-state index contributed by atoms with van der Waals surface area (Å²) in [5.41, 5.74) is 2.73. The van der Waals surface area contributed by atoms with Gasteiger partial charge in [-0.2, -0.15) is 5.10 Å². The highest BCUT2D eigenvalue weighted by Crippen LogP contribution is 2.11. The van der Waals surface area contributed by atoms with Crippen LogP contribution in [-0.2, 0) is 9.59 Å². The Morgan fingerprint density at radius 1 is 1.03 bits per heavy atom. The number of nitrogens with one attached hydrogen (secondary N) is 2. The van der Waals surface area contributed by atoms with Crippen molar-refractivity contribution in [3.63, 3.8) is 0 Å². The second-order valence-corrected chi connectivity index (χ2v) is 7.00. The first-order valence-corrected chi connectivity index (χ1v) is 10.4. The number of rotatable bonds is 15. The van der Waals surface area contributed by atoms with E-state index in [-0.39, 0.29) is 18.1 Å². The minimum atomic E-state index is -0.501. The molecule has 1 rings (SSSR count). The maximum absolute atomic E-state index is 11.8. The third kappa shape index (κ3) is 12.3. The van der Waals surface area contributed by atoms with Gasteiger partial charge in [-0.3, -0.25) is 19.7 Å². The predicted octanol–water partition coefficient (Wildman–Crippen LogP) is 4.08. The fourth-order valence-electron chi connectivity index (χ4n) is 2.80. The number of nitro groups is 1. The fourth-order valence-corrected chi connectivity index (χ4v) is 2.80. The van der Waals surface area contributed by atoms with E-state index in [2.05, 4.69) is 22.8 Å². The number of nitrogens with zero attached hydrogens (tertiary/aromatic N) is 2. The lowest BCUT2D eigenvalue weighted by atomic mass is 10.1. The first-order valence-electron chi connectivity index (χ1n) is 10.4. The second-order valence-electron chi connectivity index (χ2n) is 7.00. The molecule has 0 radical (unpaired) electrons. The van der Waals surface area contributed by atoms with E-state index in [0.717, 1.165) is 19.3 Å². The zero-order valence-corrected chi connectivity index (χ0v) is 17.2. The van der Waals surface area contributed by atoms with Crippen molar-refractivity contribution >= 4 is 23.7 Å². The van der Waals surface area contributed by atoms with Crippen molar-refractivity contribution < 1.29 is 14.5 Å². The van der Waals surface area contributed by atoms with Gasteiger partial charge in [-0.25, -0.2) is 5.43 Å². The van der Waals surface area contributed by atoms with Crippen molar-refractivity contribution in [2.24, 2.45) is 5.10 Å². The number of carbonyl (C=O) groups is 2. The molecule has 0 atom stereocenters. The van der Waals surface area contributed by atoms with Gasteiger partial charge in [0.05, 0.1) is 17.7 Å². The van der Waals surface area contributed by atoms with Crippen LogP contribution in [0, 0.1) is 10.1 Å². The molecule has 8 heteroatoms. The maximum Gasteiger partial charge on any atom is 0.270 e. The van der Waals surface area contributed by atoms with Crippen LogP contribution in [0.25, 0.3) is 0 Å². The Morgan fingerprint density at radius 2 is 1.69 bits per heavy atom. The highest BCUT2D eigenvalue weighted by molar-refractivity contribution is 5.86. The van der Waals surface area contributed by atoms with Gasteiger partial charge < -0.3 is 5.32 Å². The first kappa shape index (κ1) is 24.3. The molecule has 0 aromatic heterocycles. The molecule has 0 spiro atoms. The van der Waals surface area contributed by atoms with Crippen molar-refractivity contribution in [2.45, 2.75) is 71.1 Å². The van der Waals surface area contributed by atoms with E-state index in [1.807, 2.05) is 0 Å². The Bertz CT molecular complexity index is 676. The predicted molar refractivity (Wildman–Crippen MR) is 114 cm³/mol. The molecule has 2 amide bonds. The number of nitro benzene ring substituents is 1. The van der Waals surface area contributed by atoms with Gasteiger partial charge in [0.2, 0.25) is 5.91 Å². The van der Waals surface area contributed by atoms with Crippen molar-refractivity contribution in [3.05, 3.63) is 39.9 Å². The highest BCUT2D eigenvalue weighted by Gasteiger charge is 2.06. The van der Waals surface area contributed by atoms with Gasteiger partial charge in [-0.1, -0.05) is 70.4 Å². The van der Waals surface area contributed by atoms with Crippen LogP contribution in [0.4, 0.5) is 5.69 Å². The molecule has 2 N–H and O–H groups in total. The van der Waals surface area contributed by atoms with E-state index in [1.165, 1.54) is 62.9 Å². The summed E-state index contributed by atoms with van der Waals surface area (Å²) in [6.45, 7) is 2.06. The van der Waals surface area contributed by atoms with Gasteiger partial charge in [0, 0.05) is 24.1 Å². The summed E-state index contributed by atoms with van der Waals surface area (Å²) < 4.78 is 0. The van der Waals surface area contributed by atoms with Crippen LogP contribution in [0.1, 0.15) is 76.7 Å². The van der Waals surface area contributed by atoms with Crippen LogP contribution in [-0.4, -0.2) is 29.5 Å². The average Bonchev–Trinajstić information content (AvgIpc) is 2.71. The molecule has 0 aliphatic heterocycles. The molecule has 0 bridgehead atoms. The van der Waals surface area contributed by atoms with Crippen molar-refractivity contribution in [1.82, 2.24) is 10.7 Å². The zero-order chi connectivity index (χ0) is 21.3. The molecule has 0 aliphatic carbocycles. The number of hydrazone groups is 1. The summed E-state index contributed by atoms with van der Waals surface area (Å²) in [4.78, 5) is 33.7. The molecular weight excluding hydrogens is 372 g/mol. The third-order valence-electron chi connectivity index (χ3n) is 4.44. The van der Waals surface area contributed by atoms with Gasteiger partial charge in [-0.05, 0) is 6.42 Å². The molecule has 0 saturated heterocycles. The highest BCUT2D eigenvalue weighted by atomic mass is 16.6. The minimum absolute atomic E-state index is 0.0518. The van der Waals surface area contributed by atoms with Crippen molar-refractivity contribution in [3.8, 4) is 0 Å². The third-order valence-corrected chi connectivity index (χ3v) is 4.44.